The normalized spacial score (nSPS) is 10.9. The van der Waals surface area contributed by atoms with Crippen molar-refractivity contribution in [3.63, 3.8) is 0 Å². The number of hydrogen-bond donors (Lipinski definition) is 2. The molecule has 0 aliphatic rings. The largest absolute Gasteiger partial charge is 0.516 e. The molecule has 0 saturated heterocycles. The number of ether oxygens (including phenoxy) is 4. The molecule has 0 saturated carbocycles. The Morgan fingerprint density at radius 2 is 1.70 bits per heavy atom. The van der Waals surface area contributed by atoms with Gasteiger partial charge in [-0.25, -0.2) is 4.79 Å². The number of methoxy groups -OCH3 is 1. The van der Waals surface area contributed by atoms with Gasteiger partial charge in [0.1, 0.15) is 6.61 Å². The fourth-order valence-electron chi connectivity index (χ4n) is 3.88. The highest BCUT2D eigenvalue weighted by Gasteiger charge is 2.21. The summed E-state index contributed by atoms with van der Waals surface area (Å²) in [6, 6.07) is 7.33. The molecular weight excluding hydrogens is 605 g/mol. The minimum Gasteiger partial charge on any atom is -0.461 e. The van der Waals surface area contributed by atoms with Crippen molar-refractivity contribution in [1.29, 1.82) is 0 Å². The SMILES string of the molecule is CCOC(=O)Oc1nc2c(N)nc(OCCOC)nc2n1Cc1ccc(CNC(=O)CCC(=O)N(CCCl)CCCl)cc1. The zero-order valence-corrected chi connectivity index (χ0v) is 25.5. The summed E-state index contributed by atoms with van der Waals surface area (Å²) in [5, 5.41) is 2.82. The van der Waals surface area contributed by atoms with E-state index in [1.807, 2.05) is 24.3 Å². The lowest BCUT2D eigenvalue weighted by Gasteiger charge is -2.20. The molecule has 2 amide bonds. The van der Waals surface area contributed by atoms with Crippen LogP contribution in [0.3, 0.4) is 0 Å². The van der Waals surface area contributed by atoms with Gasteiger partial charge in [0, 0.05) is 51.3 Å². The van der Waals surface area contributed by atoms with Crippen molar-refractivity contribution in [1.82, 2.24) is 29.7 Å². The Bertz CT molecular complexity index is 1370. The lowest BCUT2D eigenvalue weighted by atomic mass is 10.1. The lowest BCUT2D eigenvalue weighted by Crippen LogP contribution is -2.35. The van der Waals surface area contributed by atoms with Crippen molar-refractivity contribution in [3.8, 4) is 12.0 Å². The van der Waals surface area contributed by atoms with Crippen LogP contribution in [-0.4, -0.2) is 94.2 Å². The molecule has 2 heterocycles. The van der Waals surface area contributed by atoms with Gasteiger partial charge in [-0.15, -0.1) is 23.2 Å². The van der Waals surface area contributed by atoms with Gasteiger partial charge in [-0.3, -0.25) is 14.2 Å². The molecule has 3 rings (SSSR count). The van der Waals surface area contributed by atoms with Crippen molar-refractivity contribution in [2.24, 2.45) is 0 Å². The van der Waals surface area contributed by atoms with Crippen LogP contribution in [0.1, 0.15) is 30.9 Å². The molecule has 3 N–H and O–H groups in total. The second-order valence-electron chi connectivity index (χ2n) is 9.02. The van der Waals surface area contributed by atoms with Crippen LogP contribution in [0.5, 0.6) is 12.0 Å². The van der Waals surface area contributed by atoms with Crippen molar-refractivity contribution >= 4 is 58.2 Å². The number of imidazole rings is 1. The maximum absolute atomic E-state index is 12.3. The Balaban J connectivity index is 1.69. The summed E-state index contributed by atoms with van der Waals surface area (Å²) < 4.78 is 22.3. The Labute approximate surface area is 258 Å². The molecule has 14 nitrogen and oxygen atoms in total. The Hall–Kier alpha value is -3.88. The minimum atomic E-state index is -0.930. The molecule has 0 bridgehead atoms. The third-order valence-electron chi connectivity index (χ3n) is 6.00. The molecule has 234 valence electrons. The number of nitrogens with zero attached hydrogens (tertiary/aromatic N) is 5. The van der Waals surface area contributed by atoms with Crippen molar-refractivity contribution in [3.05, 3.63) is 35.4 Å². The van der Waals surface area contributed by atoms with Gasteiger partial charge in [-0.1, -0.05) is 24.3 Å². The summed E-state index contributed by atoms with van der Waals surface area (Å²) in [6.07, 6.45) is -0.807. The first kappa shape index (κ1) is 33.6. The fraction of sp³-hybridized carbons (Fsp3) is 0.481. The number of benzene rings is 1. The number of anilines is 1. The quantitative estimate of drug-likeness (QED) is 0.126. The second-order valence-corrected chi connectivity index (χ2v) is 9.78. The predicted octanol–water partition coefficient (Wildman–Crippen LogP) is 2.72. The first-order valence-electron chi connectivity index (χ1n) is 13.5. The smallest absolute Gasteiger partial charge is 0.461 e. The summed E-state index contributed by atoms with van der Waals surface area (Å²) in [4.78, 5) is 51.2. The summed E-state index contributed by atoms with van der Waals surface area (Å²) in [5.41, 5.74) is 8.28. The van der Waals surface area contributed by atoms with E-state index in [2.05, 4.69) is 20.3 Å². The van der Waals surface area contributed by atoms with Gasteiger partial charge in [-0.2, -0.15) is 15.0 Å². The molecule has 2 aromatic heterocycles. The number of nitrogens with two attached hydrogens (primary N) is 1. The van der Waals surface area contributed by atoms with E-state index in [1.54, 1.807) is 23.5 Å². The Morgan fingerprint density at radius 1 is 1.00 bits per heavy atom. The number of halogens is 2. The van der Waals surface area contributed by atoms with E-state index < -0.39 is 6.16 Å². The third kappa shape index (κ3) is 10.1. The Kier molecular flexibility index (Phi) is 13.5. The molecule has 0 atom stereocenters. The summed E-state index contributed by atoms with van der Waals surface area (Å²) in [5.74, 6) is 0.227. The fourth-order valence-corrected chi connectivity index (χ4v) is 4.29. The summed E-state index contributed by atoms with van der Waals surface area (Å²) in [7, 11) is 1.54. The number of amides is 2. The van der Waals surface area contributed by atoms with E-state index in [0.29, 0.717) is 37.1 Å². The molecule has 0 aliphatic carbocycles. The van der Waals surface area contributed by atoms with Crippen LogP contribution < -0.4 is 20.5 Å². The van der Waals surface area contributed by atoms with E-state index in [4.69, 9.17) is 47.9 Å². The van der Waals surface area contributed by atoms with E-state index >= 15 is 0 Å². The number of hydrogen-bond acceptors (Lipinski definition) is 11. The number of alkyl halides is 2. The monoisotopic (exact) mass is 639 g/mol. The van der Waals surface area contributed by atoms with Crippen LogP contribution in [0.4, 0.5) is 10.6 Å². The van der Waals surface area contributed by atoms with Gasteiger partial charge < -0.3 is 34.9 Å². The van der Waals surface area contributed by atoms with Crippen molar-refractivity contribution in [2.75, 3.05) is 57.5 Å². The third-order valence-corrected chi connectivity index (χ3v) is 6.34. The number of rotatable bonds is 17. The molecule has 43 heavy (non-hydrogen) atoms. The summed E-state index contributed by atoms with van der Waals surface area (Å²) >= 11 is 11.5. The van der Waals surface area contributed by atoms with Crippen molar-refractivity contribution in [2.45, 2.75) is 32.9 Å². The van der Waals surface area contributed by atoms with Gasteiger partial charge in [0.2, 0.25) is 11.8 Å². The molecular formula is C27H35Cl2N7O7. The predicted molar refractivity (Wildman–Crippen MR) is 159 cm³/mol. The zero-order valence-electron chi connectivity index (χ0n) is 24.0. The number of fused-ring (bicyclic) bond motifs is 1. The average Bonchev–Trinajstić information content (AvgIpc) is 3.32. The standard InChI is InChI=1S/C27H35Cl2N7O7/c1-3-41-27(39)43-26-32-22-23(30)33-25(42-15-14-40-2)34-24(22)36(26)17-19-6-4-18(5-7-19)16-31-20(37)8-9-21(38)35(12-10-28)13-11-29/h4-7H,3,8-17H2,1-2H3,(H,31,37)(H2,30,33,34). The molecule has 1 aromatic carbocycles. The van der Waals surface area contributed by atoms with Crippen LogP contribution in [0.15, 0.2) is 24.3 Å². The van der Waals surface area contributed by atoms with Gasteiger partial charge in [0.25, 0.3) is 0 Å². The maximum atomic E-state index is 12.3. The van der Waals surface area contributed by atoms with E-state index in [1.165, 1.54) is 0 Å². The van der Waals surface area contributed by atoms with Crippen LogP contribution in [0.25, 0.3) is 11.2 Å². The minimum absolute atomic E-state index is 0.0180. The van der Waals surface area contributed by atoms with Crippen LogP contribution in [0, 0.1) is 0 Å². The highest BCUT2D eigenvalue weighted by atomic mass is 35.5. The Morgan fingerprint density at radius 3 is 2.35 bits per heavy atom. The molecule has 16 heteroatoms. The van der Waals surface area contributed by atoms with E-state index in [-0.39, 0.29) is 74.3 Å². The lowest BCUT2D eigenvalue weighted by molar-refractivity contribution is -0.133. The van der Waals surface area contributed by atoms with Gasteiger partial charge in [-0.05, 0) is 18.1 Å². The van der Waals surface area contributed by atoms with Gasteiger partial charge in [0.15, 0.2) is 17.0 Å². The zero-order chi connectivity index (χ0) is 31.2. The van der Waals surface area contributed by atoms with Crippen LogP contribution in [-0.2, 0) is 32.2 Å². The van der Waals surface area contributed by atoms with E-state index in [0.717, 1.165) is 11.1 Å². The first-order chi connectivity index (χ1) is 20.8. The van der Waals surface area contributed by atoms with Gasteiger partial charge >= 0.3 is 18.2 Å². The molecule has 0 radical (unpaired) electrons. The molecule has 0 aliphatic heterocycles. The molecule has 3 aromatic rings. The second kappa shape index (κ2) is 17.3. The highest BCUT2D eigenvalue weighted by molar-refractivity contribution is 6.18. The number of nitrogen functional groups attached to an aromatic ring is 1. The molecule has 0 unspecified atom stereocenters. The maximum Gasteiger partial charge on any atom is 0.516 e. The van der Waals surface area contributed by atoms with Crippen molar-refractivity contribution < 1.29 is 33.3 Å². The number of aromatic nitrogens is 4. The molecule has 0 spiro atoms. The average molecular weight is 641 g/mol. The number of carbonyl (C=O) groups excluding carboxylic acids is 3. The van der Waals surface area contributed by atoms with Gasteiger partial charge in [0.05, 0.1) is 19.8 Å². The van der Waals surface area contributed by atoms with Crippen LogP contribution >= 0.6 is 23.2 Å². The highest BCUT2D eigenvalue weighted by Crippen LogP contribution is 2.27. The van der Waals surface area contributed by atoms with Crippen LogP contribution in [0.2, 0.25) is 0 Å². The topological polar surface area (TPSA) is 173 Å². The molecule has 0 fully saturated rings. The number of nitrogens with one attached hydrogen (secondary N) is 1. The number of carbonyl (C=O) groups is 3. The summed E-state index contributed by atoms with van der Waals surface area (Å²) in [6.45, 7) is 3.55. The van der Waals surface area contributed by atoms with E-state index in [9.17, 15) is 14.4 Å². The first-order valence-corrected chi connectivity index (χ1v) is 14.6.